The van der Waals surface area contributed by atoms with Crippen molar-refractivity contribution in [3.05, 3.63) is 121 Å². The quantitative estimate of drug-likeness (QED) is 0.172. The maximum absolute atomic E-state index is 13.1. The molecule has 0 spiro atoms. The van der Waals surface area contributed by atoms with E-state index >= 15 is 0 Å². The molecule has 8 rings (SSSR count). The summed E-state index contributed by atoms with van der Waals surface area (Å²) in [6.45, 7) is 4.68. The molecule has 224 valence electrons. The molecule has 0 aliphatic heterocycles. The molecule has 0 saturated carbocycles. The summed E-state index contributed by atoms with van der Waals surface area (Å²) in [5.74, 6) is -0.451. The molecule has 0 unspecified atom stereocenters. The Bertz CT molecular complexity index is 2410. The zero-order valence-corrected chi connectivity index (χ0v) is 25.5. The van der Waals surface area contributed by atoms with Crippen LogP contribution in [0.3, 0.4) is 0 Å². The second-order valence-electron chi connectivity index (χ2n) is 11.2. The number of rotatable bonds is 7. The van der Waals surface area contributed by atoms with Crippen LogP contribution in [0.25, 0.3) is 66.1 Å². The minimum atomic E-state index is -0.451. The van der Waals surface area contributed by atoms with Gasteiger partial charge in [-0.25, -0.2) is 9.78 Å². The second-order valence-corrected chi connectivity index (χ2v) is 11.2. The summed E-state index contributed by atoms with van der Waals surface area (Å²) < 4.78 is 10.0. The van der Waals surface area contributed by atoms with E-state index in [4.69, 9.17) is 14.7 Å². The maximum Gasteiger partial charge on any atom is 0.356 e. The largest absolute Gasteiger partial charge is 0.461 e. The van der Waals surface area contributed by atoms with Crippen molar-refractivity contribution < 1.29 is 9.53 Å². The van der Waals surface area contributed by atoms with E-state index in [-0.39, 0.29) is 12.3 Å². The number of aryl methyl sites for hydroxylation is 1. The van der Waals surface area contributed by atoms with Crippen molar-refractivity contribution in [3.63, 3.8) is 0 Å². The van der Waals surface area contributed by atoms with Gasteiger partial charge in [0.1, 0.15) is 12.4 Å². The highest BCUT2D eigenvalue weighted by Gasteiger charge is 2.23. The van der Waals surface area contributed by atoms with Gasteiger partial charge in [0.05, 0.1) is 40.1 Å². The first-order chi connectivity index (χ1) is 22.7. The fraction of sp³-hybridized carbons (Fsp3) is 0.132. The van der Waals surface area contributed by atoms with E-state index in [1.807, 2.05) is 42.6 Å². The van der Waals surface area contributed by atoms with Gasteiger partial charge in [0.2, 0.25) is 0 Å². The summed E-state index contributed by atoms with van der Waals surface area (Å²) in [4.78, 5) is 32.0. The molecule has 8 nitrogen and oxygen atoms in total. The van der Waals surface area contributed by atoms with Gasteiger partial charge < -0.3 is 13.9 Å². The van der Waals surface area contributed by atoms with Crippen LogP contribution in [-0.2, 0) is 17.8 Å². The number of benzene rings is 2. The standard InChI is InChI=1S/C38H30N6O2/c1-3-26-19-29-27-13-5-7-15-32(27)43(36(29)34(41-26)24-11-9-17-39-21-24)23-44-33-16-8-6-14-28(33)30-20-31(38(45)46-4-2)42-35(37(30)44)25-12-10-18-40-22-25/h5-22H,3-4,23H2,1-2H3. The molecular weight excluding hydrogens is 572 g/mol. The van der Waals surface area contributed by atoms with Gasteiger partial charge in [0, 0.05) is 63.2 Å². The number of fused-ring (bicyclic) bond motifs is 6. The third-order valence-electron chi connectivity index (χ3n) is 8.55. The van der Waals surface area contributed by atoms with E-state index in [0.717, 1.165) is 72.5 Å². The molecule has 6 aromatic heterocycles. The van der Waals surface area contributed by atoms with Gasteiger partial charge in [0.25, 0.3) is 0 Å². The molecule has 8 aromatic rings. The normalized spacial score (nSPS) is 11.6. The van der Waals surface area contributed by atoms with Gasteiger partial charge >= 0.3 is 5.97 Å². The molecule has 0 fully saturated rings. The number of carbonyl (C=O) groups is 1. The number of hydrogen-bond donors (Lipinski definition) is 0. The van der Waals surface area contributed by atoms with Crippen LogP contribution in [0.1, 0.15) is 30.0 Å². The topological polar surface area (TPSA) is 87.7 Å². The molecule has 0 aliphatic rings. The van der Waals surface area contributed by atoms with Gasteiger partial charge in [0.15, 0.2) is 0 Å². The van der Waals surface area contributed by atoms with E-state index in [2.05, 4.69) is 74.6 Å². The Labute approximate surface area is 265 Å². The first-order valence-electron chi connectivity index (χ1n) is 15.5. The summed E-state index contributed by atoms with van der Waals surface area (Å²) in [7, 11) is 0. The number of hydrogen-bond acceptors (Lipinski definition) is 6. The van der Waals surface area contributed by atoms with Crippen LogP contribution in [-0.4, -0.2) is 41.6 Å². The Kier molecular flexibility index (Phi) is 6.75. The lowest BCUT2D eigenvalue weighted by Crippen LogP contribution is -2.11. The van der Waals surface area contributed by atoms with Gasteiger partial charge in [-0.1, -0.05) is 43.3 Å². The van der Waals surface area contributed by atoms with E-state index in [1.54, 1.807) is 25.5 Å². The SMILES string of the molecule is CCOC(=O)c1cc2c3ccccc3n(Cn3c4ccccc4c4cc(CC)nc(-c5cccnc5)c43)c2c(-c2cccnc2)n1. The summed E-state index contributed by atoms with van der Waals surface area (Å²) in [6, 6.07) is 28.8. The second kappa shape index (κ2) is 11.2. The van der Waals surface area contributed by atoms with E-state index < -0.39 is 5.97 Å². The Hall–Kier alpha value is -5.89. The number of pyridine rings is 4. The van der Waals surface area contributed by atoms with Crippen molar-refractivity contribution in [3.8, 4) is 22.5 Å². The number of para-hydroxylation sites is 2. The molecule has 0 bridgehead atoms. The predicted molar refractivity (Wildman–Crippen MR) is 182 cm³/mol. The highest BCUT2D eigenvalue weighted by atomic mass is 16.5. The van der Waals surface area contributed by atoms with Gasteiger partial charge in [-0.3, -0.25) is 15.0 Å². The summed E-state index contributed by atoms with van der Waals surface area (Å²) in [5, 5.41) is 4.26. The van der Waals surface area contributed by atoms with Crippen LogP contribution in [0.5, 0.6) is 0 Å². The van der Waals surface area contributed by atoms with Crippen molar-refractivity contribution in [2.24, 2.45) is 0 Å². The molecule has 0 atom stereocenters. The molecule has 8 heteroatoms. The average Bonchev–Trinajstić information content (AvgIpc) is 3.61. The average molecular weight is 603 g/mol. The van der Waals surface area contributed by atoms with Crippen molar-refractivity contribution in [2.45, 2.75) is 26.9 Å². The minimum absolute atomic E-state index is 0.267. The molecule has 0 amide bonds. The van der Waals surface area contributed by atoms with E-state index in [9.17, 15) is 4.79 Å². The number of nitrogens with zero attached hydrogens (tertiary/aromatic N) is 6. The van der Waals surface area contributed by atoms with Crippen LogP contribution in [0.2, 0.25) is 0 Å². The predicted octanol–water partition coefficient (Wildman–Crippen LogP) is 8.06. The Balaban J connectivity index is 1.48. The van der Waals surface area contributed by atoms with Crippen molar-refractivity contribution in [2.75, 3.05) is 6.61 Å². The number of carbonyl (C=O) groups excluding carboxylic acids is 1. The molecule has 0 saturated heterocycles. The third-order valence-corrected chi connectivity index (χ3v) is 8.55. The molecule has 0 radical (unpaired) electrons. The smallest absolute Gasteiger partial charge is 0.356 e. The van der Waals surface area contributed by atoms with Gasteiger partial charge in [-0.05, 0) is 61.9 Å². The lowest BCUT2D eigenvalue weighted by molar-refractivity contribution is 0.0520. The first-order valence-corrected chi connectivity index (χ1v) is 15.5. The molecule has 2 aromatic carbocycles. The fourth-order valence-electron chi connectivity index (χ4n) is 6.54. The van der Waals surface area contributed by atoms with Crippen molar-refractivity contribution in [1.29, 1.82) is 0 Å². The van der Waals surface area contributed by atoms with Crippen LogP contribution in [0, 0.1) is 0 Å². The molecule has 46 heavy (non-hydrogen) atoms. The number of aromatic nitrogens is 6. The summed E-state index contributed by atoms with van der Waals surface area (Å²) in [5.41, 5.74) is 8.72. The number of esters is 1. The van der Waals surface area contributed by atoms with Crippen LogP contribution < -0.4 is 0 Å². The van der Waals surface area contributed by atoms with E-state index in [0.29, 0.717) is 12.4 Å². The van der Waals surface area contributed by atoms with Crippen LogP contribution in [0.15, 0.2) is 110 Å². The maximum atomic E-state index is 13.1. The van der Waals surface area contributed by atoms with Crippen molar-refractivity contribution in [1.82, 2.24) is 29.1 Å². The highest BCUT2D eigenvalue weighted by molar-refractivity contribution is 6.14. The number of ether oxygens (including phenoxy) is 1. The van der Waals surface area contributed by atoms with Crippen LogP contribution in [0.4, 0.5) is 0 Å². The lowest BCUT2D eigenvalue weighted by Gasteiger charge is -2.16. The Morgan fingerprint density at radius 3 is 1.78 bits per heavy atom. The molecule has 0 N–H and O–H groups in total. The molecular formula is C38H30N6O2. The summed E-state index contributed by atoms with van der Waals surface area (Å²) in [6.07, 6.45) is 8.01. The lowest BCUT2D eigenvalue weighted by atomic mass is 10.1. The highest BCUT2D eigenvalue weighted by Crippen LogP contribution is 2.39. The van der Waals surface area contributed by atoms with Crippen LogP contribution >= 0.6 is 0 Å². The first kappa shape index (κ1) is 27.6. The monoisotopic (exact) mass is 602 g/mol. The molecule has 0 aliphatic carbocycles. The van der Waals surface area contributed by atoms with E-state index in [1.165, 1.54) is 0 Å². The Morgan fingerprint density at radius 2 is 1.24 bits per heavy atom. The Morgan fingerprint density at radius 1 is 0.674 bits per heavy atom. The van der Waals surface area contributed by atoms with Crippen molar-refractivity contribution >= 4 is 49.6 Å². The minimum Gasteiger partial charge on any atom is -0.461 e. The zero-order chi connectivity index (χ0) is 31.2. The zero-order valence-electron chi connectivity index (χ0n) is 25.5. The summed E-state index contributed by atoms with van der Waals surface area (Å²) >= 11 is 0. The molecule has 6 heterocycles. The fourth-order valence-corrected chi connectivity index (χ4v) is 6.54. The third kappa shape index (κ3) is 4.41. The van der Waals surface area contributed by atoms with Gasteiger partial charge in [-0.2, -0.15) is 0 Å². The van der Waals surface area contributed by atoms with Gasteiger partial charge in [-0.15, -0.1) is 0 Å².